The van der Waals surface area contributed by atoms with Crippen molar-refractivity contribution in [2.45, 2.75) is 465 Å². The Morgan fingerprint density at radius 3 is 0.867 bits per heavy atom. The zero-order valence-corrected chi connectivity index (χ0v) is 102. The number of aliphatic hydroxyl groups excluding tert-OH is 1. The number of hydrogen-bond donors (Lipinski definition) is 6. The number of ketones is 4. The van der Waals surface area contributed by atoms with Gasteiger partial charge < -0.3 is 41.6 Å². The number of hydrogen-bond acceptors (Lipinski definition) is 17. The first-order valence-electron chi connectivity index (χ1n) is 59.4. The minimum atomic E-state index is -0.850. The second-order valence-electron chi connectivity index (χ2n) is 53.8. The van der Waals surface area contributed by atoms with Crippen molar-refractivity contribution in [3.63, 3.8) is 0 Å². The van der Waals surface area contributed by atoms with Crippen molar-refractivity contribution in [2.75, 3.05) is 0 Å². The summed E-state index contributed by atoms with van der Waals surface area (Å²) in [4.78, 5) is 137. The van der Waals surface area contributed by atoms with E-state index in [0.717, 1.165) is 282 Å². The van der Waals surface area contributed by atoms with Gasteiger partial charge in [-0.25, -0.2) is 0 Å². The van der Waals surface area contributed by atoms with Gasteiger partial charge in [-0.05, 0) is 498 Å². The van der Waals surface area contributed by atoms with E-state index in [1.165, 1.54) is 231 Å². The van der Waals surface area contributed by atoms with Crippen molar-refractivity contribution in [3.05, 3.63) is 5.53 Å². The maximum atomic E-state index is 12.6. The zero-order valence-electron chi connectivity index (χ0n) is 96.7. The van der Waals surface area contributed by atoms with Crippen LogP contribution < -0.4 is 29.6 Å². The Bertz CT molecular complexity index is 4220. The molecule has 26 heteroatoms. The molecule has 0 aromatic rings. The zero-order chi connectivity index (χ0) is 108. The largest absolute Gasteiger partial charge is 1.00 e. The van der Waals surface area contributed by atoms with Crippen LogP contribution >= 0.6 is 0 Å². The summed E-state index contributed by atoms with van der Waals surface area (Å²) in [5, 5.41) is 51.1. The summed E-state index contributed by atoms with van der Waals surface area (Å²) in [5.74, 6) is 29.6. The van der Waals surface area contributed by atoms with Gasteiger partial charge in [-0.3, -0.25) is 38.4 Å². The van der Waals surface area contributed by atoms with Crippen molar-refractivity contribution in [2.24, 2.45) is 240 Å². The van der Waals surface area contributed by atoms with E-state index in [9.17, 15) is 34.9 Å². The Hall–Kier alpha value is -3.79. The number of rotatable bonds is 9. The predicted octanol–water partition coefficient (Wildman–Crippen LogP) is 23.9. The molecule has 0 aromatic carbocycles. The molecule has 20 aliphatic carbocycles. The number of nitrogens with zero attached hydrogens (tertiary/aromatic N) is 2. The Kier molecular flexibility index (Phi) is 55.7. The summed E-state index contributed by atoms with van der Waals surface area (Å²) in [6, 6.07) is 0. The van der Waals surface area contributed by atoms with Crippen molar-refractivity contribution < 1.29 is 177 Å². The number of aliphatic carboxylic acids is 4. The van der Waals surface area contributed by atoms with Crippen molar-refractivity contribution in [3.8, 4) is 0 Å². The first-order chi connectivity index (χ1) is 68.9. The standard InChI is InChI=1S/C24H40N2O.2C24H40O.C21H34O.C20H32O2.4C2H4O2.3CO2.Na.H2O.2Rh/c1-5-22(26-25)24(27)13-11-17-16(14-24)6-7-19-18(17)10-12-23(4)20(15(2)3)8-9-21(19)23;1-5-16-6-8-18-17(14-23(16)25)7-9-20-19(18)12-13-24(4)21(15(2)3)10-11-22(20)24;1-5-16-14-17-6-7-20-19(18(17)8-11-23(16)25)12-13-24(4)21(15(2)3)9-10-22(20)24;1-13(2)19-8-9-20-18-6-4-14-12-15(22)5-7-16(14)17(18)10-11-21(19,20)3;1-12(21)18-7-8-19-17-5-3-13-11-14(22)4-6-15(13)16(17)9-10-20(18,19)2;4*1-2(3)4;3*2-1-3;;;;/h15-21,27H,5-14H2,1-4H3;2*15-22H,5-14H2,1-4H3;13-14,16-20H,4-12H2,1-3H3;12-13,15-19,21H,3-11H2,1-2H3;4*1H3,(H,3,4);;;;;1H2;;/q;;;;;;;;;;;;+1;;;/p-1/t16-,17+,18-,19-,20-,21+,23-,24?;2*16?,17-,18+,19-,20-,21-,22+,24-;14-,16+,17-,18-,19-,20+,21-;12?,13-,15+,16-,17-,18-,19+,20-;;;;;;;;;;;/m11111.........../s1. The van der Waals surface area contributed by atoms with Crippen LogP contribution in [0, 0.1) is 240 Å². The normalized spacial score (nSPS) is 41.6. The maximum Gasteiger partial charge on any atom is 1.00 e. The summed E-state index contributed by atoms with van der Waals surface area (Å²) in [7, 11) is 0. The average molecular weight is 2290 g/mol. The molecule has 0 amide bonds. The third-order valence-corrected chi connectivity index (χ3v) is 46.3. The molecular weight excluding hydrogens is 2080 g/mol. The van der Waals surface area contributed by atoms with Gasteiger partial charge in [-0.1, -0.05) is 111 Å². The van der Waals surface area contributed by atoms with Gasteiger partial charge in [0.25, 0.3) is 29.6 Å². The third-order valence-electron chi connectivity index (χ3n) is 46.3. The first-order valence-corrected chi connectivity index (χ1v) is 59.4. The van der Waals surface area contributed by atoms with Gasteiger partial charge in [0, 0.05) is 123 Å². The van der Waals surface area contributed by atoms with Gasteiger partial charge in [0.2, 0.25) is 0 Å². The monoisotopic (exact) mass is 2290 g/mol. The molecule has 854 valence electrons. The fourth-order valence-electron chi connectivity index (χ4n) is 41.1. The number of Topliss-reactive ketones (excluding diaryl/α,β-unsaturated/α-hetero) is 4. The molecule has 0 bridgehead atoms. The van der Waals surface area contributed by atoms with Gasteiger partial charge in [0.15, 0.2) is 5.60 Å². The van der Waals surface area contributed by atoms with Crippen molar-refractivity contribution >= 4 is 71.2 Å². The van der Waals surface area contributed by atoms with E-state index in [4.69, 9.17) is 68.4 Å². The SMILES string of the molecule is CC(=O)O.CC(=O)O.CC(=O)O.CC(=O)O.CC(C)[C@H]1CC[C@H]2[C@@H]3CC[C@@H]4CC(=O)CC[C@@H]4[C@H]3CC[C@]12C.CC(O)[C@H]1CC[C@H]2[C@@H]3CC[C@@H]4CC(=O)CC[C@@H]4[C@H]3CC[C@]12C.CCC(=[N+]=[N-])C1(O)CC[C@H]2[C@H](CC[C@@H]3[C@@H]2CC[C@]2(C)[C@@H](C(C)C)CC[C@@H]32)C1.CCC1CC[C@H]2[C@H](CC[C@@H]3[C@@H]2CC[C@]2(C)[C@@H](C(C)C)CC[C@@H]32)CC1=O.CCC1C[C@H]2CC[C@@H]3[C@H](CC[C@]4(C)[C@@H](C(C)C)CC[C@@H]34)[C@H]2CCC1=O.O=C=O.O=C=O.O=C=O.[Na+].[OH-].[Rh].[Rh]. The quantitative estimate of drug-likeness (QED) is 0.0540. The second kappa shape index (κ2) is 61.2. The van der Waals surface area contributed by atoms with Crippen LogP contribution in [0.5, 0.6) is 0 Å². The van der Waals surface area contributed by atoms with Gasteiger partial charge in [0.1, 0.15) is 23.1 Å². The molecule has 23 nitrogen and oxygen atoms in total. The van der Waals surface area contributed by atoms with Gasteiger partial charge in [0.05, 0.1) is 6.10 Å². The molecule has 150 heavy (non-hydrogen) atoms. The minimum Gasteiger partial charge on any atom is -0.870 e. The molecule has 2 radical (unpaired) electrons. The summed E-state index contributed by atoms with van der Waals surface area (Å²) in [6.07, 6.45) is 61.3. The molecule has 7 N–H and O–H groups in total. The van der Waals surface area contributed by atoms with Crippen LogP contribution in [-0.4, -0.2) is 124 Å². The van der Waals surface area contributed by atoms with E-state index < -0.39 is 29.5 Å². The topological polar surface area (TPSA) is 427 Å². The Morgan fingerprint density at radius 1 is 0.333 bits per heavy atom. The third kappa shape index (κ3) is 31.7. The Balaban J connectivity index is 0.000000309. The van der Waals surface area contributed by atoms with Gasteiger partial charge >= 0.3 is 48.0 Å². The molecule has 0 aliphatic heterocycles. The van der Waals surface area contributed by atoms with E-state index in [1.807, 2.05) is 13.8 Å². The number of carboxylic acids is 4. The number of carboxylic acid groups (broad SMARTS) is 4. The smallest absolute Gasteiger partial charge is 0.870 e. The summed E-state index contributed by atoms with van der Waals surface area (Å²) in [5.41, 5.74) is 11.9. The van der Waals surface area contributed by atoms with Crippen LogP contribution in [0.1, 0.15) is 454 Å². The molecule has 0 aromatic heterocycles. The van der Waals surface area contributed by atoms with Crippen LogP contribution in [0.3, 0.4) is 0 Å². The van der Waals surface area contributed by atoms with Gasteiger partial charge in [-0.2, -0.15) is 33.6 Å². The Labute approximate surface area is 951 Å². The minimum absolute atomic E-state index is 0. The number of carbonyl (C=O) groups is 8. The second-order valence-corrected chi connectivity index (χ2v) is 53.8. The van der Waals surface area contributed by atoms with E-state index >= 15 is 0 Å². The van der Waals surface area contributed by atoms with E-state index in [0.29, 0.717) is 91.9 Å². The number of carbonyl (C=O) groups excluding carboxylic acids is 10. The predicted molar refractivity (Wildman–Crippen MR) is 566 cm³/mol. The van der Waals surface area contributed by atoms with Crippen LogP contribution in [-0.2, 0) is 106 Å². The van der Waals surface area contributed by atoms with Crippen LogP contribution in [0.2, 0.25) is 0 Å². The average Bonchev–Trinajstić information content (AvgIpc) is 1.27. The summed E-state index contributed by atoms with van der Waals surface area (Å²) < 4.78 is 0. The summed E-state index contributed by atoms with van der Waals surface area (Å²) in [6.45, 7) is 45.5. The molecule has 4 unspecified atom stereocenters. The van der Waals surface area contributed by atoms with Crippen molar-refractivity contribution in [1.82, 2.24) is 0 Å². The maximum absolute atomic E-state index is 12.6. The molecule has 20 saturated carbocycles. The van der Waals surface area contributed by atoms with E-state index in [-0.39, 0.29) is 98.5 Å². The van der Waals surface area contributed by atoms with Crippen molar-refractivity contribution in [1.29, 1.82) is 0 Å². The van der Waals surface area contributed by atoms with E-state index in [1.54, 1.807) is 0 Å². The van der Waals surface area contributed by atoms with E-state index in [2.05, 4.69) is 109 Å². The first kappa shape index (κ1) is 137. The molecule has 0 spiro atoms. The molecule has 0 heterocycles. The molecule has 20 aliphatic rings. The molecule has 39 atom stereocenters. The van der Waals surface area contributed by atoms with Gasteiger partial charge in [-0.15, -0.1) is 0 Å². The van der Waals surface area contributed by atoms with Crippen LogP contribution in [0.25, 0.3) is 5.53 Å². The fourth-order valence-corrected chi connectivity index (χ4v) is 41.1. The molecular formula is C124H203N2NaO21Rh2. The van der Waals surface area contributed by atoms with Crippen LogP contribution in [0.4, 0.5) is 0 Å². The van der Waals surface area contributed by atoms with Crippen LogP contribution in [0.15, 0.2) is 0 Å². The number of fused-ring (bicyclic) bond motifs is 25. The molecule has 0 saturated heterocycles. The molecule has 20 rings (SSSR count). The Morgan fingerprint density at radius 2 is 0.580 bits per heavy atom. The fraction of sp³-hybridized carbons (Fsp3) is 0.903. The summed E-state index contributed by atoms with van der Waals surface area (Å²) >= 11 is 0. The molecule has 20 fully saturated rings. The number of aliphatic hydroxyl groups is 2.